The summed E-state index contributed by atoms with van der Waals surface area (Å²) in [5.74, 6) is 0.781. The second kappa shape index (κ2) is 11.3. The number of imidazole rings is 1. The number of amides is 1. The maximum absolute atomic E-state index is 13.6. The van der Waals surface area contributed by atoms with E-state index in [2.05, 4.69) is 54.6 Å². The highest BCUT2D eigenvalue weighted by molar-refractivity contribution is 9.10. The van der Waals surface area contributed by atoms with Gasteiger partial charge in [0, 0.05) is 48.6 Å². The lowest BCUT2D eigenvalue weighted by molar-refractivity contribution is -0.137. The van der Waals surface area contributed by atoms with Gasteiger partial charge in [-0.2, -0.15) is 0 Å². The molecule has 1 atom stereocenters. The number of fused-ring (bicyclic) bond motifs is 1. The van der Waals surface area contributed by atoms with Gasteiger partial charge in [0.1, 0.15) is 11.6 Å². The second-order valence-electron chi connectivity index (χ2n) is 10.3. The van der Waals surface area contributed by atoms with Gasteiger partial charge in [0.2, 0.25) is 5.91 Å². The Morgan fingerprint density at radius 3 is 2.59 bits per heavy atom. The first kappa shape index (κ1) is 26.3. The van der Waals surface area contributed by atoms with Gasteiger partial charge in [-0.1, -0.05) is 45.7 Å². The van der Waals surface area contributed by atoms with Crippen LogP contribution in [0.25, 0.3) is 16.7 Å². The molecule has 1 amide bonds. The van der Waals surface area contributed by atoms with Gasteiger partial charge in [-0.15, -0.1) is 0 Å². The Kier molecular flexibility index (Phi) is 7.60. The highest BCUT2D eigenvalue weighted by Gasteiger charge is 2.32. The van der Waals surface area contributed by atoms with Crippen LogP contribution >= 0.6 is 27.5 Å². The van der Waals surface area contributed by atoms with E-state index in [-0.39, 0.29) is 16.8 Å². The van der Waals surface area contributed by atoms with E-state index in [4.69, 9.17) is 16.6 Å². The van der Waals surface area contributed by atoms with Crippen LogP contribution in [0.4, 0.5) is 10.1 Å². The summed E-state index contributed by atoms with van der Waals surface area (Å²) in [4.78, 5) is 25.1. The summed E-state index contributed by atoms with van der Waals surface area (Å²) in [5.41, 5.74) is 4.01. The van der Waals surface area contributed by atoms with Crippen LogP contribution in [-0.4, -0.2) is 64.5 Å². The van der Waals surface area contributed by atoms with E-state index >= 15 is 0 Å². The number of likely N-dealkylation sites (tertiary alicyclic amines) is 1. The molecule has 2 fully saturated rings. The van der Waals surface area contributed by atoms with Crippen molar-refractivity contribution >= 4 is 50.2 Å². The van der Waals surface area contributed by atoms with Crippen molar-refractivity contribution in [2.75, 3.05) is 44.2 Å². The quantitative estimate of drug-likeness (QED) is 0.272. The van der Waals surface area contributed by atoms with Crippen LogP contribution in [0.5, 0.6) is 0 Å². The highest BCUT2D eigenvalue weighted by Crippen LogP contribution is 2.28. The van der Waals surface area contributed by atoms with Gasteiger partial charge in [-0.05, 0) is 67.9 Å². The average molecular weight is 611 g/mol. The molecule has 0 N–H and O–H groups in total. The first-order valence-electron chi connectivity index (χ1n) is 13.4. The van der Waals surface area contributed by atoms with Crippen molar-refractivity contribution in [1.29, 1.82) is 0 Å². The number of para-hydroxylation sites is 2. The molecule has 9 heteroatoms. The summed E-state index contributed by atoms with van der Waals surface area (Å²) in [7, 11) is 0. The number of anilines is 1. The molecule has 2 aliphatic heterocycles. The number of piperidine rings is 1. The zero-order valence-electron chi connectivity index (χ0n) is 21.6. The number of nitrogens with zero attached hydrogens (tertiary/aromatic N) is 5. The van der Waals surface area contributed by atoms with Crippen LogP contribution in [0.2, 0.25) is 5.02 Å². The third-order valence-corrected chi connectivity index (χ3v) is 8.56. The van der Waals surface area contributed by atoms with Crippen LogP contribution in [-0.2, 0) is 11.3 Å². The Bertz CT molecular complexity index is 1500. The Balaban J connectivity index is 1.14. The van der Waals surface area contributed by atoms with Crippen LogP contribution in [0, 0.1) is 11.7 Å². The average Bonchev–Trinajstić information content (AvgIpc) is 3.32. The molecular formula is C30H30BrClFN5O. The summed E-state index contributed by atoms with van der Waals surface area (Å²) in [6.45, 7) is 5.09. The van der Waals surface area contributed by atoms with E-state index in [1.807, 2.05) is 29.2 Å². The third-order valence-electron chi connectivity index (χ3n) is 7.78. The van der Waals surface area contributed by atoms with Gasteiger partial charge in [0.25, 0.3) is 0 Å². The molecule has 3 heterocycles. The van der Waals surface area contributed by atoms with Crippen LogP contribution in [0.15, 0.2) is 71.2 Å². The van der Waals surface area contributed by atoms with E-state index in [0.29, 0.717) is 32.7 Å². The molecule has 2 saturated heterocycles. The Morgan fingerprint density at radius 2 is 1.79 bits per heavy atom. The number of benzene rings is 3. The van der Waals surface area contributed by atoms with Crippen molar-refractivity contribution in [2.45, 2.75) is 19.4 Å². The summed E-state index contributed by atoms with van der Waals surface area (Å²) in [6.07, 6.45) is 1.90. The molecule has 1 aromatic heterocycles. The molecule has 0 aliphatic carbocycles. The molecule has 0 radical (unpaired) electrons. The number of carbonyl (C=O) groups is 1. The van der Waals surface area contributed by atoms with E-state index in [1.54, 1.807) is 12.1 Å². The fourth-order valence-corrected chi connectivity index (χ4v) is 6.37. The van der Waals surface area contributed by atoms with Crippen LogP contribution in [0.1, 0.15) is 18.7 Å². The van der Waals surface area contributed by atoms with Crippen LogP contribution in [0.3, 0.4) is 0 Å². The molecule has 6 rings (SSSR count). The lowest BCUT2D eigenvalue weighted by atomic mass is 9.96. The van der Waals surface area contributed by atoms with Gasteiger partial charge >= 0.3 is 0 Å². The Labute approximate surface area is 241 Å². The zero-order valence-corrected chi connectivity index (χ0v) is 23.9. The fourth-order valence-electron chi connectivity index (χ4n) is 5.81. The van der Waals surface area contributed by atoms with Gasteiger partial charge < -0.3 is 9.80 Å². The largest absolute Gasteiger partial charge is 0.368 e. The number of hydrogen-bond acceptors (Lipinski definition) is 4. The van der Waals surface area contributed by atoms with E-state index in [0.717, 1.165) is 58.6 Å². The molecule has 39 heavy (non-hydrogen) atoms. The Hall–Kier alpha value is -2.94. The first-order valence-corrected chi connectivity index (χ1v) is 14.6. The molecule has 0 bridgehead atoms. The van der Waals surface area contributed by atoms with Crippen LogP contribution < -0.4 is 4.90 Å². The van der Waals surface area contributed by atoms with Gasteiger partial charge in [-0.25, -0.2) is 9.37 Å². The highest BCUT2D eigenvalue weighted by atomic mass is 79.9. The minimum atomic E-state index is -0.414. The predicted octanol–water partition coefficient (Wildman–Crippen LogP) is 6.14. The maximum atomic E-state index is 13.6. The molecule has 4 aromatic rings. The molecule has 0 saturated carbocycles. The van der Waals surface area contributed by atoms with E-state index in [1.165, 1.54) is 6.07 Å². The van der Waals surface area contributed by atoms with Gasteiger partial charge in [0.05, 0.1) is 28.5 Å². The van der Waals surface area contributed by atoms with Crippen molar-refractivity contribution in [3.8, 4) is 5.69 Å². The minimum absolute atomic E-state index is 0.0192. The molecule has 0 spiro atoms. The Morgan fingerprint density at radius 1 is 0.974 bits per heavy atom. The number of hydrogen-bond donors (Lipinski definition) is 0. The van der Waals surface area contributed by atoms with Crippen molar-refractivity contribution in [2.24, 2.45) is 5.92 Å². The van der Waals surface area contributed by atoms with Gasteiger partial charge in [0.15, 0.2) is 0 Å². The smallest absolute Gasteiger partial charge is 0.227 e. The fraction of sp³-hybridized carbons (Fsp3) is 0.333. The summed E-state index contributed by atoms with van der Waals surface area (Å²) < 4.78 is 16.8. The first-order chi connectivity index (χ1) is 19.0. The molecule has 2 aliphatic rings. The zero-order chi connectivity index (χ0) is 26.9. The van der Waals surface area contributed by atoms with Gasteiger partial charge in [-0.3, -0.25) is 14.3 Å². The maximum Gasteiger partial charge on any atom is 0.227 e. The number of rotatable bonds is 5. The number of halogens is 3. The molecule has 202 valence electrons. The van der Waals surface area contributed by atoms with E-state index in [9.17, 15) is 9.18 Å². The second-order valence-corrected chi connectivity index (χ2v) is 11.6. The SMILES string of the molecule is O=C([C@@H]1CCCN(Cc2nc3ccccc3n2-c2cccc(Br)c2)C1)N1CCN(c2ccc(F)c(Cl)c2)CC1. The van der Waals surface area contributed by atoms with Crippen molar-refractivity contribution < 1.29 is 9.18 Å². The third kappa shape index (κ3) is 5.55. The number of carbonyl (C=O) groups excluding carboxylic acids is 1. The summed E-state index contributed by atoms with van der Waals surface area (Å²) in [5, 5.41) is 0.127. The predicted molar refractivity (Wildman–Crippen MR) is 157 cm³/mol. The van der Waals surface area contributed by atoms with Crippen molar-refractivity contribution in [3.05, 3.63) is 87.9 Å². The number of piperazine rings is 1. The molecular weight excluding hydrogens is 581 g/mol. The molecule has 3 aromatic carbocycles. The molecule has 0 unspecified atom stereocenters. The topological polar surface area (TPSA) is 44.6 Å². The lowest BCUT2D eigenvalue weighted by Crippen LogP contribution is -2.52. The summed E-state index contributed by atoms with van der Waals surface area (Å²) in [6, 6.07) is 21.3. The van der Waals surface area contributed by atoms with Crippen molar-refractivity contribution in [3.63, 3.8) is 0 Å². The normalized spacial score (nSPS) is 18.6. The summed E-state index contributed by atoms with van der Waals surface area (Å²) >= 11 is 9.59. The molecule has 6 nitrogen and oxygen atoms in total. The number of aromatic nitrogens is 2. The lowest BCUT2D eigenvalue weighted by Gasteiger charge is -2.39. The standard InChI is InChI=1S/C30H30BrClFN5O/c31-22-6-3-7-24(17-22)38-28-9-2-1-8-27(28)34-29(38)20-35-12-4-5-21(19-35)30(39)37-15-13-36(14-16-37)23-10-11-26(33)25(32)18-23/h1-3,6-11,17-18,21H,4-5,12-16,19-20H2/t21-/m1/s1. The van der Waals surface area contributed by atoms with Crippen molar-refractivity contribution in [1.82, 2.24) is 19.4 Å². The van der Waals surface area contributed by atoms with E-state index < -0.39 is 5.82 Å². The monoisotopic (exact) mass is 609 g/mol. The minimum Gasteiger partial charge on any atom is -0.368 e.